The van der Waals surface area contributed by atoms with Crippen molar-refractivity contribution in [1.82, 2.24) is 10.2 Å². The van der Waals surface area contributed by atoms with Crippen LogP contribution in [-0.4, -0.2) is 56.0 Å². The molecule has 2 amide bonds. The number of benzene rings is 1. The van der Waals surface area contributed by atoms with E-state index in [1.807, 2.05) is 6.92 Å². The minimum Gasteiger partial charge on any atom is -0.503 e. The second kappa shape index (κ2) is 9.09. The standard InChI is InChI=1S/C18H23BrN2O6/c1-5-21-10(2)14(17(23)27-7-6-25-3)15(20-18(21)24)11-8-12(19)16(22)13(9-11)26-4/h8-9,15,22H,5-7H2,1-4H3,(H,20,24). The topological polar surface area (TPSA) is 97.3 Å². The van der Waals surface area contributed by atoms with E-state index in [9.17, 15) is 14.7 Å². The molecule has 9 heteroatoms. The fourth-order valence-corrected chi connectivity index (χ4v) is 3.35. The molecule has 1 aliphatic rings. The highest BCUT2D eigenvalue weighted by molar-refractivity contribution is 9.10. The molecule has 2 rings (SSSR count). The fourth-order valence-electron chi connectivity index (χ4n) is 2.89. The van der Waals surface area contributed by atoms with Crippen LogP contribution in [-0.2, 0) is 14.3 Å². The van der Waals surface area contributed by atoms with Crippen molar-refractivity contribution in [2.45, 2.75) is 19.9 Å². The Morgan fingerprint density at radius 1 is 1.33 bits per heavy atom. The maximum Gasteiger partial charge on any atom is 0.338 e. The fraction of sp³-hybridized carbons (Fsp3) is 0.444. The minimum atomic E-state index is -0.749. The third-order valence-corrected chi connectivity index (χ3v) is 4.86. The molecule has 8 nitrogen and oxygen atoms in total. The Labute approximate surface area is 166 Å². The van der Waals surface area contributed by atoms with Gasteiger partial charge in [0, 0.05) is 19.4 Å². The molecule has 1 heterocycles. The number of nitrogens with zero attached hydrogens (tertiary/aromatic N) is 1. The van der Waals surface area contributed by atoms with Gasteiger partial charge in [0.25, 0.3) is 0 Å². The number of rotatable bonds is 7. The van der Waals surface area contributed by atoms with Crippen LogP contribution in [0.25, 0.3) is 0 Å². The number of hydrogen-bond acceptors (Lipinski definition) is 6. The molecular formula is C18H23BrN2O6. The Balaban J connectivity index is 2.52. The zero-order chi connectivity index (χ0) is 20.1. The highest BCUT2D eigenvalue weighted by Crippen LogP contribution is 2.40. The Kier molecular flexibility index (Phi) is 7.09. The van der Waals surface area contributed by atoms with E-state index in [4.69, 9.17) is 14.2 Å². The van der Waals surface area contributed by atoms with E-state index >= 15 is 0 Å². The highest BCUT2D eigenvalue weighted by atomic mass is 79.9. The van der Waals surface area contributed by atoms with Gasteiger partial charge in [0.1, 0.15) is 6.61 Å². The summed E-state index contributed by atoms with van der Waals surface area (Å²) in [7, 11) is 2.94. The maximum absolute atomic E-state index is 12.7. The first kappa shape index (κ1) is 21.0. The number of urea groups is 1. The Morgan fingerprint density at radius 3 is 2.63 bits per heavy atom. The highest BCUT2D eigenvalue weighted by Gasteiger charge is 2.36. The number of carbonyl (C=O) groups is 2. The van der Waals surface area contributed by atoms with Crippen LogP contribution in [0.4, 0.5) is 4.79 Å². The predicted molar refractivity (Wildman–Crippen MR) is 102 cm³/mol. The van der Waals surface area contributed by atoms with Crippen LogP contribution in [0.2, 0.25) is 0 Å². The van der Waals surface area contributed by atoms with Crippen molar-refractivity contribution < 1.29 is 28.9 Å². The predicted octanol–water partition coefficient (Wildman–Crippen LogP) is 2.71. The third kappa shape index (κ3) is 4.36. The summed E-state index contributed by atoms with van der Waals surface area (Å²) in [5, 5.41) is 12.9. The maximum atomic E-state index is 12.7. The molecule has 1 aromatic carbocycles. The minimum absolute atomic E-state index is 0.0662. The van der Waals surface area contributed by atoms with E-state index in [-0.39, 0.29) is 30.7 Å². The van der Waals surface area contributed by atoms with Gasteiger partial charge in [-0.25, -0.2) is 9.59 Å². The van der Waals surface area contributed by atoms with Gasteiger partial charge in [-0.15, -0.1) is 0 Å². The van der Waals surface area contributed by atoms with Crippen molar-refractivity contribution in [2.75, 3.05) is 34.0 Å². The lowest BCUT2D eigenvalue weighted by atomic mass is 9.94. The molecule has 2 N–H and O–H groups in total. The molecule has 1 atom stereocenters. The van der Waals surface area contributed by atoms with Gasteiger partial charge < -0.3 is 24.6 Å². The summed E-state index contributed by atoms with van der Waals surface area (Å²) >= 11 is 3.27. The molecule has 27 heavy (non-hydrogen) atoms. The zero-order valence-electron chi connectivity index (χ0n) is 15.7. The quantitative estimate of drug-likeness (QED) is 0.497. The average Bonchev–Trinajstić information content (AvgIpc) is 2.63. The molecule has 1 aliphatic heterocycles. The van der Waals surface area contributed by atoms with Crippen molar-refractivity contribution in [3.05, 3.63) is 33.4 Å². The number of aromatic hydroxyl groups is 1. The number of amides is 2. The first-order chi connectivity index (χ1) is 12.8. The summed E-state index contributed by atoms with van der Waals surface area (Å²) in [4.78, 5) is 26.7. The molecule has 0 saturated carbocycles. The number of allylic oxidation sites excluding steroid dienone is 1. The van der Waals surface area contributed by atoms with E-state index in [0.717, 1.165) is 0 Å². The number of ether oxygens (including phenoxy) is 3. The summed E-state index contributed by atoms with van der Waals surface area (Å²) in [6, 6.07) is 2.13. The molecule has 1 aromatic rings. The monoisotopic (exact) mass is 442 g/mol. The van der Waals surface area contributed by atoms with Crippen molar-refractivity contribution in [2.24, 2.45) is 0 Å². The average molecular weight is 443 g/mol. The normalized spacial score (nSPS) is 17.0. The number of phenols is 1. The second-order valence-electron chi connectivity index (χ2n) is 5.81. The van der Waals surface area contributed by atoms with E-state index in [2.05, 4.69) is 21.2 Å². The van der Waals surface area contributed by atoms with Gasteiger partial charge in [-0.05, 0) is 47.5 Å². The number of esters is 1. The van der Waals surface area contributed by atoms with Crippen LogP contribution < -0.4 is 10.1 Å². The van der Waals surface area contributed by atoms with E-state index in [0.29, 0.717) is 27.9 Å². The van der Waals surface area contributed by atoms with Gasteiger partial charge in [-0.1, -0.05) is 0 Å². The Hall–Kier alpha value is -2.26. The molecule has 0 saturated heterocycles. The molecule has 148 valence electrons. The van der Waals surface area contributed by atoms with E-state index in [1.165, 1.54) is 19.1 Å². The molecule has 0 bridgehead atoms. The van der Waals surface area contributed by atoms with Crippen LogP contribution in [0.1, 0.15) is 25.5 Å². The van der Waals surface area contributed by atoms with E-state index < -0.39 is 12.0 Å². The molecule has 0 aliphatic carbocycles. The van der Waals surface area contributed by atoms with Gasteiger partial charge in [0.15, 0.2) is 11.5 Å². The smallest absolute Gasteiger partial charge is 0.338 e. The number of phenolic OH excluding ortho intramolecular Hbond substituents is 1. The van der Waals surface area contributed by atoms with Crippen LogP contribution in [0.15, 0.2) is 27.9 Å². The summed E-state index contributed by atoms with van der Waals surface area (Å²) in [6.07, 6.45) is 0. The summed E-state index contributed by atoms with van der Waals surface area (Å²) in [5.41, 5.74) is 1.39. The zero-order valence-corrected chi connectivity index (χ0v) is 17.3. The van der Waals surface area contributed by atoms with Crippen molar-refractivity contribution in [3.63, 3.8) is 0 Å². The van der Waals surface area contributed by atoms with Gasteiger partial charge in [-0.2, -0.15) is 0 Å². The number of nitrogens with one attached hydrogen (secondary N) is 1. The SMILES string of the molecule is CCN1C(=O)NC(c2cc(Br)c(O)c(OC)c2)C(C(=O)OCCOC)=C1C. The lowest BCUT2D eigenvalue weighted by molar-refractivity contribution is -0.140. The Morgan fingerprint density at radius 2 is 2.04 bits per heavy atom. The first-order valence-electron chi connectivity index (χ1n) is 8.36. The summed E-state index contributed by atoms with van der Waals surface area (Å²) < 4.78 is 15.8. The van der Waals surface area contributed by atoms with Gasteiger partial charge >= 0.3 is 12.0 Å². The van der Waals surface area contributed by atoms with Gasteiger partial charge in [0.2, 0.25) is 0 Å². The van der Waals surface area contributed by atoms with Gasteiger partial charge in [0.05, 0.1) is 29.8 Å². The Bertz CT molecular complexity index is 764. The number of carbonyl (C=O) groups excluding carboxylic acids is 2. The largest absolute Gasteiger partial charge is 0.503 e. The van der Waals surface area contributed by atoms with Crippen LogP contribution >= 0.6 is 15.9 Å². The lowest BCUT2D eigenvalue weighted by Gasteiger charge is -2.35. The molecule has 0 spiro atoms. The van der Waals surface area contributed by atoms with Crippen molar-refractivity contribution >= 4 is 27.9 Å². The summed E-state index contributed by atoms with van der Waals surface area (Å²) in [5.74, 6) is -0.393. The van der Waals surface area contributed by atoms with E-state index in [1.54, 1.807) is 19.1 Å². The number of halogens is 1. The second-order valence-corrected chi connectivity index (χ2v) is 6.66. The molecular weight excluding hydrogens is 420 g/mol. The van der Waals surface area contributed by atoms with Gasteiger partial charge in [-0.3, -0.25) is 4.90 Å². The van der Waals surface area contributed by atoms with Crippen LogP contribution in [0.3, 0.4) is 0 Å². The van der Waals surface area contributed by atoms with Crippen LogP contribution in [0.5, 0.6) is 11.5 Å². The summed E-state index contributed by atoms with van der Waals surface area (Å²) in [6.45, 7) is 4.29. The molecule has 0 fully saturated rings. The first-order valence-corrected chi connectivity index (χ1v) is 9.16. The molecule has 0 radical (unpaired) electrons. The molecule has 0 aromatic heterocycles. The number of hydrogen-bond donors (Lipinski definition) is 2. The lowest BCUT2D eigenvalue weighted by Crippen LogP contribution is -2.48. The van der Waals surface area contributed by atoms with Crippen molar-refractivity contribution in [1.29, 1.82) is 0 Å². The third-order valence-electron chi connectivity index (χ3n) is 4.26. The number of methoxy groups -OCH3 is 2. The van der Waals surface area contributed by atoms with Crippen LogP contribution in [0, 0.1) is 0 Å². The molecule has 1 unspecified atom stereocenters. The van der Waals surface area contributed by atoms with Crippen molar-refractivity contribution in [3.8, 4) is 11.5 Å².